The number of benzene rings is 1. The first kappa shape index (κ1) is 13.1. The van der Waals surface area contributed by atoms with E-state index >= 15 is 0 Å². The molecule has 1 aromatic heterocycles. The molecule has 1 aromatic carbocycles. The van der Waals surface area contributed by atoms with Crippen LogP contribution in [-0.2, 0) is 10.3 Å². The molecule has 104 valence electrons. The van der Waals surface area contributed by atoms with Crippen molar-refractivity contribution in [3.8, 4) is 0 Å². The van der Waals surface area contributed by atoms with Crippen LogP contribution in [0.1, 0.15) is 18.1 Å². The lowest BCUT2D eigenvalue weighted by molar-refractivity contribution is -0.0470. The van der Waals surface area contributed by atoms with Gasteiger partial charge in [-0.15, -0.1) is 0 Å². The largest absolute Gasteiger partial charge is 0.367 e. The Morgan fingerprint density at radius 2 is 1.85 bits per heavy atom. The van der Waals surface area contributed by atoms with Crippen molar-refractivity contribution < 1.29 is 4.74 Å². The van der Waals surface area contributed by atoms with Gasteiger partial charge in [0.15, 0.2) is 0 Å². The van der Waals surface area contributed by atoms with Crippen molar-refractivity contribution >= 4 is 5.95 Å². The lowest BCUT2D eigenvalue weighted by Gasteiger charge is -2.40. The van der Waals surface area contributed by atoms with Crippen LogP contribution in [0.25, 0.3) is 0 Å². The van der Waals surface area contributed by atoms with Gasteiger partial charge in [0, 0.05) is 18.9 Å². The van der Waals surface area contributed by atoms with Crippen molar-refractivity contribution in [2.75, 3.05) is 24.6 Å². The molecule has 0 spiro atoms. The van der Waals surface area contributed by atoms with E-state index in [1.54, 1.807) is 0 Å². The quantitative estimate of drug-likeness (QED) is 0.839. The van der Waals surface area contributed by atoms with Crippen LogP contribution in [0.2, 0.25) is 0 Å². The van der Waals surface area contributed by atoms with Crippen LogP contribution in [0.4, 0.5) is 5.95 Å². The van der Waals surface area contributed by atoms with E-state index in [2.05, 4.69) is 33.9 Å². The highest BCUT2D eigenvalue weighted by Gasteiger charge is 2.34. The highest BCUT2D eigenvalue weighted by molar-refractivity contribution is 5.34. The van der Waals surface area contributed by atoms with Crippen LogP contribution in [-0.4, -0.2) is 29.7 Å². The molecule has 0 aliphatic carbocycles. The zero-order valence-electron chi connectivity index (χ0n) is 11.9. The van der Waals surface area contributed by atoms with Gasteiger partial charge in [-0.3, -0.25) is 0 Å². The smallest absolute Gasteiger partial charge is 0.225 e. The highest BCUT2D eigenvalue weighted by atomic mass is 16.5. The zero-order valence-corrected chi connectivity index (χ0v) is 11.9. The van der Waals surface area contributed by atoms with Gasteiger partial charge >= 0.3 is 0 Å². The number of aryl methyl sites for hydroxylation is 1. The second-order valence-corrected chi connectivity index (χ2v) is 5.43. The predicted octanol–water partition coefficient (Wildman–Crippen LogP) is 2.54. The van der Waals surface area contributed by atoms with E-state index in [-0.39, 0.29) is 5.60 Å². The maximum Gasteiger partial charge on any atom is 0.225 e. The third-order valence-electron chi connectivity index (χ3n) is 3.71. The summed E-state index contributed by atoms with van der Waals surface area (Å²) in [7, 11) is 0. The minimum Gasteiger partial charge on any atom is -0.367 e. The van der Waals surface area contributed by atoms with Crippen molar-refractivity contribution in [1.82, 2.24) is 9.97 Å². The summed E-state index contributed by atoms with van der Waals surface area (Å²) in [5.41, 5.74) is 1.96. The second kappa shape index (κ2) is 5.21. The topological polar surface area (TPSA) is 38.2 Å². The van der Waals surface area contributed by atoms with E-state index in [1.165, 1.54) is 5.56 Å². The molecule has 1 fully saturated rings. The Labute approximate surface area is 119 Å². The van der Waals surface area contributed by atoms with E-state index in [1.807, 2.05) is 37.5 Å². The molecule has 2 aromatic rings. The maximum atomic E-state index is 6.03. The number of nitrogens with zero attached hydrogens (tertiary/aromatic N) is 3. The summed E-state index contributed by atoms with van der Waals surface area (Å²) in [5.74, 6) is 0.779. The van der Waals surface area contributed by atoms with Gasteiger partial charge in [0.25, 0.3) is 0 Å². The van der Waals surface area contributed by atoms with Crippen molar-refractivity contribution in [3.63, 3.8) is 0 Å². The summed E-state index contributed by atoms with van der Waals surface area (Å²) < 4.78 is 6.03. The Kier molecular flexibility index (Phi) is 3.40. The third kappa shape index (κ3) is 2.51. The summed E-state index contributed by atoms with van der Waals surface area (Å²) in [6, 6.07) is 10.3. The summed E-state index contributed by atoms with van der Waals surface area (Å²) in [5, 5.41) is 0. The first-order valence-corrected chi connectivity index (χ1v) is 6.90. The fourth-order valence-corrected chi connectivity index (χ4v) is 2.56. The minimum atomic E-state index is -0.312. The highest BCUT2D eigenvalue weighted by Crippen LogP contribution is 2.30. The standard InChI is InChI=1S/C16H19N3O/c1-13-10-17-15(18-11-13)19-8-9-20-16(2,12-19)14-6-4-3-5-7-14/h3-7,10-11H,8-9,12H2,1-2H3. The zero-order chi connectivity index (χ0) is 14.0. The minimum absolute atomic E-state index is 0.312. The number of aromatic nitrogens is 2. The molecule has 1 aliphatic heterocycles. The fourth-order valence-electron chi connectivity index (χ4n) is 2.56. The molecule has 0 radical (unpaired) electrons. The SMILES string of the molecule is Cc1cnc(N2CCOC(C)(c3ccccc3)C2)nc1. The molecule has 20 heavy (non-hydrogen) atoms. The number of ether oxygens (including phenoxy) is 1. The summed E-state index contributed by atoms with van der Waals surface area (Å²) in [6.07, 6.45) is 3.72. The van der Waals surface area contributed by atoms with Crippen LogP contribution in [0.5, 0.6) is 0 Å². The molecular weight excluding hydrogens is 250 g/mol. The number of hydrogen-bond donors (Lipinski definition) is 0. The maximum absolute atomic E-state index is 6.03. The Hall–Kier alpha value is -1.94. The van der Waals surface area contributed by atoms with Gasteiger partial charge in [-0.1, -0.05) is 30.3 Å². The van der Waals surface area contributed by atoms with Gasteiger partial charge in [-0.2, -0.15) is 0 Å². The van der Waals surface area contributed by atoms with E-state index in [4.69, 9.17) is 4.74 Å². The summed E-state index contributed by atoms with van der Waals surface area (Å²) in [6.45, 7) is 6.40. The normalized spacial score (nSPS) is 22.8. The van der Waals surface area contributed by atoms with Gasteiger partial charge in [-0.25, -0.2) is 9.97 Å². The van der Waals surface area contributed by atoms with E-state index in [0.717, 1.165) is 24.6 Å². The molecule has 0 saturated carbocycles. The molecule has 2 heterocycles. The molecule has 1 atom stereocenters. The monoisotopic (exact) mass is 269 g/mol. The first-order valence-electron chi connectivity index (χ1n) is 6.90. The Morgan fingerprint density at radius 3 is 2.55 bits per heavy atom. The Balaban J connectivity index is 1.84. The van der Waals surface area contributed by atoms with Crippen molar-refractivity contribution in [2.45, 2.75) is 19.4 Å². The Bertz CT molecular complexity index is 570. The average molecular weight is 269 g/mol. The number of morpholine rings is 1. The van der Waals surface area contributed by atoms with Crippen LogP contribution < -0.4 is 4.90 Å². The van der Waals surface area contributed by atoms with Gasteiger partial charge in [0.2, 0.25) is 5.95 Å². The molecule has 3 rings (SSSR count). The van der Waals surface area contributed by atoms with Crippen molar-refractivity contribution in [3.05, 3.63) is 53.9 Å². The lowest BCUT2D eigenvalue weighted by Crippen LogP contribution is -2.48. The van der Waals surface area contributed by atoms with E-state index < -0.39 is 0 Å². The van der Waals surface area contributed by atoms with Crippen LogP contribution in [0.3, 0.4) is 0 Å². The molecule has 1 saturated heterocycles. The molecule has 1 unspecified atom stereocenters. The van der Waals surface area contributed by atoms with Crippen LogP contribution in [0, 0.1) is 6.92 Å². The number of rotatable bonds is 2. The fraction of sp³-hybridized carbons (Fsp3) is 0.375. The molecule has 0 N–H and O–H groups in total. The average Bonchev–Trinajstić information content (AvgIpc) is 2.49. The number of anilines is 1. The van der Waals surface area contributed by atoms with Crippen molar-refractivity contribution in [2.24, 2.45) is 0 Å². The van der Waals surface area contributed by atoms with E-state index in [0.29, 0.717) is 6.61 Å². The van der Waals surface area contributed by atoms with Crippen molar-refractivity contribution in [1.29, 1.82) is 0 Å². The molecule has 1 aliphatic rings. The number of hydrogen-bond acceptors (Lipinski definition) is 4. The van der Waals surface area contributed by atoms with Gasteiger partial charge in [-0.05, 0) is 25.0 Å². The van der Waals surface area contributed by atoms with Crippen LogP contribution in [0.15, 0.2) is 42.7 Å². The lowest BCUT2D eigenvalue weighted by atomic mass is 9.94. The van der Waals surface area contributed by atoms with E-state index in [9.17, 15) is 0 Å². The molecule has 0 amide bonds. The van der Waals surface area contributed by atoms with Gasteiger partial charge in [0.1, 0.15) is 5.60 Å². The third-order valence-corrected chi connectivity index (χ3v) is 3.71. The van der Waals surface area contributed by atoms with Gasteiger partial charge in [0.05, 0.1) is 13.2 Å². The first-order chi connectivity index (χ1) is 9.67. The predicted molar refractivity (Wildman–Crippen MR) is 78.7 cm³/mol. The summed E-state index contributed by atoms with van der Waals surface area (Å²) in [4.78, 5) is 11.0. The molecule has 0 bridgehead atoms. The second-order valence-electron chi connectivity index (χ2n) is 5.43. The molecule has 4 nitrogen and oxygen atoms in total. The summed E-state index contributed by atoms with van der Waals surface area (Å²) >= 11 is 0. The Morgan fingerprint density at radius 1 is 1.15 bits per heavy atom. The van der Waals surface area contributed by atoms with Gasteiger partial charge < -0.3 is 9.64 Å². The molecular formula is C16H19N3O. The molecule has 4 heteroatoms. The van der Waals surface area contributed by atoms with Crippen LogP contribution >= 0.6 is 0 Å².